The normalized spacial score (nSPS) is 15.0. The second-order valence-electron chi connectivity index (χ2n) is 18.5. The zero-order valence-corrected chi connectivity index (χ0v) is 48.9. The third-order valence-electron chi connectivity index (χ3n) is 9.39. The Labute approximate surface area is 455 Å². The molecule has 5 unspecified atom stereocenters. The standard InChI is InChI=1S/C23H35N2O6PS2.C13H13NO2S2.C11H22NO6P.CO2/c1-8-22(2,24-4)18-23(3,34-20(33)19-12-10-9-11-13-19)21(26)29-16-17-31-32(27,28)30-15-14-25(5,6)7;1-13(9-14,8-7-11(15)16)18-12(17)10-5-3-2-4-6-10;1-10(2)11(13)16-8-9-18-19(14,15)17-7-6-12(3,4)5;2-1-3/h9-13H,8,14-18H2,1-3,5-7H3;2-6H,7-8H2,1H3,(H,15,16);1,6-9H2,2-5H3;. The van der Waals surface area contributed by atoms with Crippen LogP contribution in [0.3, 0.4) is 0 Å². The Balaban J connectivity index is 0. The molecule has 74 heavy (non-hydrogen) atoms. The molecule has 0 aliphatic heterocycles. The molecule has 0 fully saturated rings. The summed E-state index contributed by atoms with van der Waals surface area (Å²) in [6.07, 6.45) is 1.25. The lowest BCUT2D eigenvalue weighted by Gasteiger charge is -2.31. The van der Waals surface area contributed by atoms with Crippen molar-refractivity contribution < 1.29 is 84.5 Å². The minimum Gasteiger partial charge on any atom is -0.756 e. The largest absolute Gasteiger partial charge is 0.756 e. The number of benzene rings is 2. The van der Waals surface area contributed by atoms with Crippen molar-refractivity contribution in [3.05, 3.63) is 95.4 Å². The maximum atomic E-state index is 13.1. The van der Waals surface area contributed by atoms with Crippen LogP contribution < -0.4 is 9.79 Å². The van der Waals surface area contributed by atoms with Gasteiger partial charge in [-0.1, -0.05) is 122 Å². The molecular formula is C48H70N4O16P2S4. The number of thioether (sulfide) groups is 2. The summed E-state index contributed by atoms with van der Waals surface area (Å²) in [5, 5.41) is 17.8. The van der Waals surface area contributed by atoms with Crippen LogP contribution >= 0.6 is 63.6 Å². The Morgan fingerprint density at radius 3 is 1.51 bits per heavy atom. The second-order valence-corrected chi connectivity index (χ2v) is 25.7. The number of quaternary nitrogens is 2. The van der Waals surface area contributed by atoms with Crippen molar-refractivity contribution in [2.75, 3.05) is 95.0 Å². The summed E-state index contributed by atoms with van der Waals surface area (Å²) >= 11 is 13.3. The zero-order chi connectivity index (χ0) is 57.5. The van der Waals surface area contributed by atoms with Gasteiger partial charge in [-0.05, 0) is 38.3 Å². The molecule has 0 saturated heterocycles. The Kier molecular flexibility index (Phi) is 34.4. The van der Waals surface area contributed by atoms with Crippen LogP contribution in [0.2, 0.25) is 0 Å². The van der Waals surface area contributed by atoms with Gasteiger partial charge in [0.2, 0.25) is 5.54 Å². The van der Waals surface area contributed by atoms with Crippen molar-refractivity contribution in [1.29, 1.82) is 5.26 Å². The first-order chi connectivity index (χ1) is 34.1. The van der Waals surface area contributed by atoms with Gasteiger partial charge >= 0.3 is 24.1 Å². The Morgan fingerprint density at radius 1 is 0.770 bits per heavy atom. The Morgan fingerprint density at radius 2 is 1.16 bits per heavy atom. The predicted molar refractivity (Wildman–Crippen MR) is 287 cm³/mol. The van der Waals surface area contributed by atoms with Crippen molar-refractivity contribution in [1.82, 2.24) is 0 Å². The summed E-state index contributed by atoms with van der Waals surface area (Å²) in [5.41, 5.74) is 1.14. The number of hydrogen-bond donors (Lipinski definition) is 1. The number of nitrogens with zero attached hydrogens (tertiary/aromatic N) is 4. The van der Waals surface area contributed by atoms with Crippen molar-refractivity contribution in [3.63, 3.8) is 0 Å². The number of ether oxygens (including phenoxy) is 2. The highest BCUT2D eigenvalue weighted by Crippen LogP contribution is 2.41. The topological polar surface area (TPSA) is 269 Å². The fraction of sp³-hybridized carbons (Fsp3) is 0.542. The molecule has 0 amide bonds. The smallest absolute Gasteiger partial charge is 0.373 e. The van der Waals surface area contributed by atoms with E-state index in [4.69, 9.17) is 59.5 Å². The summed E-state index contributed by atoms with van der Waals surface area (Å²) in [5.74, 6) is -2.08. The number of carboxylic acid groups (broad SMARTS) is 1. The number of hydrogen-bond acceptors (Lipinski definition) is 20. The van der Waals surface area contributed by atoms with E-state index in [2.05, 4.69) is 31.3 Å². The van der Waals surface area contributed by atoms with Gasteiger partial charge in [0.1, 0.15) is 49.0 Å². The summed E-state index contributed by atoms with van der Waals surface area (Å²) in [7, 11) is 2.64. The van der Waals surface area contributed by atoms with Gasteiger partial charge in [-0.3, -0.25) is 18.7 Å². The highest BCUT2D eigenvalue weighted by molar-refractivity contribution is 8.25. The second kappa shape index (κ2) is 35.3. The number of phosphoric ester groups is 2. The highest BCUT2D eigenvalue weighted by Gasteiger charge is 2.46. The lowest BCUT2D eigenvalue weighted by molar-refractivity contribution is -0.870. The third-order valence-corrected chi connectivity index (χ3v) is 14.7. The number of aliphatic carboxylic acids is 1. The van der Waals surface area contributed by atoms with Gasteiger partial charge in [0.25, 0.3) is 15.6 Å². The molecule has 1 N–H and O–H groups in total. The van der Waals surface area contributed by atoms with Crippen LogP contribution in [-0.4, -0.2) is 157 Å². The Bertz CT molecular complexity index is 2340. The molecule has 20 nitrogen and oxygen atoms in total. The summed E-state index contributed by atoms with van der Waals surface area (Å²) < 4.78 is 52.4. The molecule has 0 radical (unpaired) electrons. The van der Waals surface area contributed by atoms with Gasteiger partial charge in [0.05, 0.1) is 76.4 Å². The lowest BCUT2D eigenvalue weighted by Crippen LogP contribution is -2.42. The molecular weight excluding hydrogens is 1080 g/mol. The molecule has 5 atom stereocenters. The molecule has 0 spiro atoms. The van der Waals surface area contributed by atoms with Gasteiger partial charge < -0.3 is 56.3 Å². The van der Waals surface area contributed by atoms with E-state index in [9.17, 15) is 38.6 Å². The monoisotopic (exact) mass is 1150 g/mol. The molecule has 0 aromatic heterocycles. The quantitative estimate of drug-likeness (QED) is 0.0170. The molecule has 412 valence electrons. The number of likely N-dealkylation sites (N-methyl/N-ethyl adjacent to an activating group) is 2. The van der Waals surface area contributed by atoms with Gasteiger partial charge in [0.15, 0.2) is 0 Å². The van der Waals surface area contributed by atoms with E-state index in [-0.39, 0.29) is 70.6 Å². The van der Waals surface area contributed by atoms with Crippen LogP contribution in [0.25, 0.3) is 4.85 Å². The van der Waals surface area contributed by atoms with Crippen LogP contribution in [0, 0.1) is 17.9 Å². The lowest BCUT2D eigenvalue weighted by atomic mass is 9.87. The number of phosphoric acid groups is 2. The van der Waals surface area contributed by atoms with Crippen molar-refractivity contribution in [2.45, 2.75) is 75.3 Å². The number of carbonyl (C=O) groups is 3. The van der Waals surface area contributed by atoms with Crippen LogP contribution in [0.15, 0.2) is 72.8 Å². The first kappa shape index (κ1) is 72.0. The van der Waals surface area contributed by atoms with E-state index < -0.39 is 48.6 Å². The molecule has 0 saturated carbocycles. The van der Waals surface area contributed by atoms with Gasteiger partial charge in [-0.25, -0.2) is 11.4 Å². The molecule has 0 aliphatic rings. The average Bonchev–Trinajstić information content (AvgIpc) is 3.31. The predicted octanol–water partition coefficient (Wildman–Crippen LogP) is 7.06. The van der Waals surface area contributed by atoms with Crippen LogP contribution in [-0.2, 0) is 60.7 Å². The average molecular weight is 1150 g/mol. The van der Waals surface area contributed by atoms with E-state index in [0.29, 0.717) is 36.9 Å². The number of carbonyl (C=O) groups excluding carboxylic acids is 4. The molecule has 2 aromatic carbocycles. The van der Waals surface area contributed by atoms with Crippen molar-refractivity contribution in [2.24, 2.45) is 0 Å². The molecule has 26 heteroatoms. The number of rotatable bonds is 28. The zero-order valence-electron chi connectivity index (χ0n) is 43.9. The van der Waals surface area contributed by atoms with Gasteiger partial charge in [-0.2, -0.15) is 14.9 Å². The SMILES string of the molecule is C=C(C)C(=O)OCCOP(=O)([O-])OCC[N+](C)(C)C.CC(C#N)(CCC(=O)O)SC(=S)c1ccccc1.O=C=O.[C-]#[N+]C(C)(CC)CC(C)(SC(=S)c1ccccc1)C(=O)OCCOP(=O)([O-])OCC[N+](C)(C)C. The van der Waals surface area contributed by atoms with Crippen LogP contribution in [0.5, 0.6) is 0 Å². The first-order valence-corrected chi connectivity index (χ1v) is 27.8. The number of nitriles is 1. The summed E-state index contributed by atoms with van der Waals surface area (Å²) in [6.45, 7) is 19.5. The fourth-order valence-electron chi connectivity index (χ4n) is 5.04. The van der Waals surface area contributed by atoms with Gasteiger partial charge in [0, 0.05) is 25.3 Å². The summed E-state index contributed by atoms with van der Waals surface area (Å²) in [4.78, 5) is 77.9. The number of carboxylic acids is 1. The van der Waals surface area contributed by atoms with Gasteiger partial charge in [-0.15, -0.1) is 0 Å². The maximum Gasteiger partial charge on any atom is 0.373 e. The minimum absolute atomic E-state index is 0.0120. The molecule has 2 aromatic rings. The minimum atomic E-state index is -4.50. The Hall–Kier alpha value is -4.03. The maximum absolute atomic E-state index is 13.1. The van der Waals surface area contributed by atoms with E-state index in [1.807, 2.05) is 110 Å². The van der Waals surface area contributed by atoms with Crippen LogP contribution in [0.4, 0.5) is 0 Å². The molecule has 0 heterocycles. The van der Waals surface area contributed by atoms with Crippen molar-refractivity contribution in [3.8, 4) is 6.07 Å². The molecule has 0 aliphatic carbocycles. The fourth-order valence-corrected chi connectivity index (χ4v) is 9.87. The number of thiocarbonyl (C=S) groups is 2. The van der Waals surface area contributed by atoms with E-state index >= 15 is 0 Å². The first-order valence-electron chi connectivity index (χ1n) is 22.5. The van der Waals surface area contributed by atoms with E-state index in [1.165, 1.54) is 30.4 Å². The van der Waals surface area contributed by atoms with Crippen LogP contribution in [0.1, 0.15) is 71.4 Å². The molecule has 2 rings (SSSR count). The number of esters is 2. The molecule has 0 bridgehead atoms. The van der Waals surface area contributed by atoms with E-state index in [1.54, 1.807) is 20.8 Å². The van der Waals surface area contributed by atoms with E-state index in [0.717, 1.165) is 11.1 Å². The summed E-state index contributed by atoms with van der Waals surface area (Å²) in [6, 6.07) is 20.8. The third kappa shape index (κ3) is 35.3. The van der Waals surface area contributed by atoms with Crippen molar-refractivity contribution >= 4 is 96.1 Å². The highest BCUT2D eigenvalue weighted by atomic mass is 32.2.